The van der Waals surface area contributed by atoms with Gasteiger partial charge in [-0.05, 0) is 63.6 Å². The summed E-state index contributed by atoms with van der Waals surface area (Å²) in [5, 5.41) is 0. The van der Waals surface area contributed by atoms with Crippen LogP contribution in [0, 0.1) is 5.82 Å². The lowest BCUT2D eigenvalue weighted by molar-refractivity contribution is -0.123. The number of piperidine rings is 1. The van der Waals surface area contributed by atoms with Gasteiger partial charge in [-0.15, -0.1) is 0 Å². The van der Waals surface area contributed by atoms with E-state index in [4.69, 9.17) is 4.74 Å². The Morgan fingerprint density at radius 3 is 2.59 bits per heavy atom. The third-order valence-corrected chi connectivity index (χ3v) is 8.42. The molecule has 0 N–H and O–H groups in total. The van der Waals surface area contributed by atoms with Crippen LogP contribution in [-0.4, -0.2) is 66.7 Å². The molecular weight excluding hydrogens is 395 g/mol. The predicted molar refractivity (Wildman–Crippen MR) is 108 cm³/mol. The van der Waals surface area contributed by atoms with Crippen molar-refractivity contribution in [1.29, 1.82) is 0 Å². The quantitative estimate of drug-likeness (QED) is 0.729. The molecule has 8 heteroatoms. The Morgan fingerprint density at radius 2 is 1.97 bits per heavy atom. The first kappa shape index (κ1) is 20.8. The second-order valence-corrected chi connectivity index (χ2v) is 10.6. The van der Waals surface area contributed by atoms with Gasteiger partial charge in [0.25, 0.3) is 5.91 Å². The summed E-state index contributed by atoms with van der Waals surface area (Å²) in [6.07, 6.45) is 4.65. The van der Waals surface area contributed by atoms with Gasteiger partial charge in [0, 0.05) is 37.3 Å². The number of rotatable bonds is 5. The maximum atomic E-state index is 13.5. The van der Waals surface area contributed by atoms with E-state index in [1.165, 1.54) is 12.1 Å². The Hall–Kier alpha value is -1.51. The molecule has 3 fully saturated rings. The minimum Gasteiger partial charge on any atom is -0.375 e. The van der Waals surface area contributed by atoms with E-state index in [1.807, 2.05) is 0 Å². The van der Waals surface area contributed by atoms with Gasteiger partial charge in [0.15, 0.2) is 0 Å². The molecule has 0 bridgehead atoms. The van der Waals surface area contributed by atoms with Crippen molar-refractivity contribution in [3.8, 4) is 0 Å². The second kappa shape index (κ2) is 7.96. The lowest BCUT2D eigenvalue weighted by Crippen LogP contribution is -2.56. The number of ether oxygens (including phenoxy) is 1. The number of sulfonamides is 1. The summed E-state index contributed by atoms with van der Waals surface area (Å²) in [6.45, 7) is 3.32. The average molecular weight is 425 g/mol. The van der Waals surface area contributed by atoms with Crippen LogP contribution in [0.4, 0.5) is 4.39 Å². The van der Waals surface area contributed by atoms with Gasteiger partial charge < -0.3 is 9.64 Å². The van der Waals surface area contributed by atoms with Crippen LogP contribution in [0.2, 0.25) is 0 Å². The third-order valence-electron chi connectivity index (χ3n) is 6.45. The van der Waals surface area contributed by atoms with Crippen molar-refractivity contribution < 1.29 is 22.3 Å². The van der Waals surface area contributed by atoms with Crippen LogP contribution in [0.25, 0.3) is 0 Å². The maximum Gasteiger partial charge on any atom is 0.253 e. The van der Waals surface area contributed by atoms with Gasteiger partial charge in [-0.2, -0.15) is 4.31 Å². The highest BCUT2D eigenvalue weighted by Gasteiger charge is 2.48. The standard InChI is InChI=1S/C21H29FN2O4S/c1-2-29(26,27)24(18-6-7-18)19-8-13-28-21(15-19)9-11-23(12-10-21)20(25)16-4-3-5-17(22)14-16/h3-5,14,18-19H,2,6-13,15H2,1H3. The predicted octanol–water partition coefficient (Wildman–Crippen LogP) is 2.79. The molecule has 0 radical (unpaired) electrons. The Balaban J connectivity index is 1.43. The van der Waals surface area contributed by atoms with Crippen molar-refractivity contribution in [3.63, 3.8) is 0 Å². The van der Waals surface area contributed by atoms with E-state index in [0.717, 1.165) is 19.3 Å². The molecule has 2 aliphatic heterocycles. The molecule has 160 valence electrons. The largest absolute Gasteiger partial charge is 0.375 e. The smallest absolute Gasteiger partial charge is 0.253 e. The number of carbonyl (C=O) groups excluding carboxylic acids is 1. The van der Waals surface area contributed by atoms with E-state index in [1.54, 1.807) is 28.3 Å². The van der Waals surface area contributed by atoms with E-state index in [2.05, 4.69) is 0 Å². The summed E-state index contributed by atoms with van der Waals surface area (Å²) in [5.41, 5.74) is -0.0183. The van der Waals surface area contributed by atoms with Crippen molar-refractivity contribution in [1.82, 2.24) is 9.21 Å². The first-order valence-corrected chi connectivity index (χ1v) is 12.1. The van der Waals surface area contributed by atoms with Gasteiger partial charge in [0.1, 0.15) is 5.82 Å². The second-order valence-electron chi connectivity index (χ2n) is 8.44. The number of halogens is 1. The maximum absolute atomic E-state index is 13.5. The molecule has 1 aromatic rings. The summed E-state index contributed by atoms with van der Waals surface area (Å²) in [5.74, 6) is -0.455. The molecule has 1 unspecified atom stereocenters. The number of likely N-dealkylation sites (tertiary alicyclic amines) is 1. The summed E-state index contributed by atoms with van der Waals surface area (Å²) in [7, 11) is -3.24. The van der Waals surface area contributed by atoms with Gasteiger partial charge in [-0.25, -0.2) is 12.8 Å². The lowest BCUT2D eigenvalue weighted by Gasteiger charge is -2.48. The Bertz CT molecular complexity index is 863. The summed E-state index contributed by atoms with van der Waals surface area (Å²) in [4.78, 5) is 14.4. The van der Waals surface area contributed by atoms with Crippen LogP contribution in [-0.2, 0) is 14.8 Å². The van der Waals surface area contributed by atoms with Crippen molar-refractivity contribution in [2.75, 3.05) is 25.4 Å². The van der Waals surface area contributed by atoms with Crippen molar-refractivity contribution in [2.24, 2.45) is 0 Å². The fourth-order valence-corrected chi connectivity index (χ4v) is 6.32. The van der Waals surface area contributed by atoms with Crippen molar-refractivity contribution in [3.05, 3.63) is 35.6 Å². The van der Waals surface area contributed by atoms with Gasteiger partial charge in [0.05, 0.1) is 11.4 Å². The van der Waals surface area contributed by atoms with E-state index in [-0.39, 0.29) is 29.3 Å². The van der Waals surface area contributed by atoms with Gasteiger partial charge in [0.2, 0.25) is 10.0 Å². The van der Waals surface area contributed by atoms with Crippen LogP contribution in [0.15, 0.2) is 24.3 Å². The molecule has 2 heterocycles. The molecule has 3 aliphatic rings. The highest BCUT2D eigenvalue weighted by atomic mass is 32.2. The molecule has 1 aliphatic carbocycles. The molecule has 1 atom stereocenters. The lowest BCUT2D eigenvalue weighted by atomic mass is 9.82. The van der Waals surface area contributed by atoms with Crippen LogP contribution < -0.4 is 0 Å². The normalized spacial score (nSPS) is 24.8. The van der Waals surface area contributed by atoms with Crippen LogP contribution in [0.3, 0.4) is 0 Å². The minimum atomic E-state index is -3.24. The average Bonchev–Trinajstić information content (AvgIpc) is 3.53. The van der Waals surface area contributed by atoms with Gasteiger partial charge >= 0.3 is 0 Å². The third kappa shape index (κ3) is 4.34. The SMILES string of the molecule is CCS(=O)(=O)N(C1CC1)C1CCOC2(CCN(C(=O)c3cccc(F)c3)CC2)C1. The molecule has 4 rings (SSSR count). The zero-order chi connectivity index (χ0) is 20.6. The summed E-state index contributed by atoms with van der Waals surface area (Å²) >= 11 is 0. The molecule has 0 aromatic heterocycles. The molecular formula is C21H29FN2O4S. The summed E-state index contributed by atoms with van der Waals surface area (Å²) < 4.78 is 46.7. The van der Waals surface area contributed by atoms with Crippen LogP contribution in [0.5, 0.6) is 0 Å². The summed E-state index contributed by atoms with van der Waals surface area (Å²) in [6, 6.07) is 5.90. The number of benzene rings is 1. The molecule has 29 heavy (non-hydrogen) atoms. The van der Waals surface area contributed by atoms with E-state index >= 15 is 0 Å². The zero-order valence-electron chi connectivity index (χ0n) is 16.8. The molecule has 1 saturated carbocycles. The molecule has 1 amide bonds. The van der Waals surface area contributed by atoms with Crippen molar-refractivity contribution >= 4 is 15.9 Å². The highest BCUT2D eigenvalue weighted by molar-refractivity contribution is 7.89. The molecule has 1 aromatic carbocycles. The van der Waals surface area contributed by atoms with Crippen LogP contribution >= 0.6 is 0 Å². The Morgan fingerprint density at radius 1 is 1.24 bits per heavy atom. The van der Waals surface area contributed by atoms with Crippen LogP contribution in [0.1, 0.15) is 55.8 Å². The highest BCUT2D eigenvalue weighted by Crippen LogP contribution is 2.41. The number of nitrogens with zero attached hydrogens (tertiary/aromatic N) is 2. The topological polar surface area (TPSA) is 66.9 Å². The number of hydrogen-bond donors (Lipinski definition) is 0. The van der Waals surface area contributed by atoms with Gasteiger partial charge in [-0.1, -0.05) is 6.07 Å². The minimum absolute atomic E-state index is 0.0216. The first-order valence-electron chi connectivity index (χ1n) is 10.5. The fraction of sp³-hybridized carbons (Fsp3) is 0.667. The number of hydrogen-bond acceptors (Lipinski definition) is 4. The molecule has 2 saturated heterocycles. The van der Waals surface area contributed by atoms with E-state index < -0.39 is 15.8 Å². The Kier molecular flexibility index (Phi) is 5.70. The van der Waals surface area contributed by atoms with E-state index in [0.29, 0.717) is 44.5 Å². The zero-order valence-corrected chi connectivity index (χ0v) is 17.7. The molecule has 6 nitrogen and oxygen atoms in total. The first-order chi connectivity index (χ1) is 13.8. The number of carbonyl (C=O) groups is 1. The Labute approximate surface area is 172 Å². The van der Waals surface area contributed by atoms with Gasteiger partial charge in [-0.3, -0.25) is 4.79 Å². The monoisotopic (exact) mass is 424 g/mol. The molecule has 1 spiro atoms. The fourth-order valence-electron chi connectivity index (χ4n) is 4.72. The van der Waals surface area contributed by atoms with Crippen molar-refractivity contribution in [2.45, 2.75) is 63.1 Å². The number of amides is 1. The van der Waals surface area contributed by atoms with E-state index in [9.17, 15) is 17.6 Å².